The van der Waals surface area contributed by atoms with Crippen LogP contribution >= 0.6 is 0 Å². The first-order valence-electron chi connectivity index (χ1n) is 17.1. The van der Waals surface area contributed by atoms with E-state index in [2.05, 4.69) is 120 Å². The number of rotatable bonds is 6. The Morgan fingerprint density at radius 2 is 1.18 bits per heavy atom. The molecule has 0 saturated heterocycles. The minimum atomic E-state index is 0.586. The van der Waals surface area contributed by atoms with Crippen LogP contribution in [-0.2, 0) is 0 Å². The zero-order chi connectivity index (χ0) is 34.3. The van der Waals surface area contributed by atoms with Crippen LogP contribution in [0.25, 0.3) is 66.3 Å². The van der Waals surface area contributed by atoms with Gasteiger partial charge in [0.1, 0.15) is 11.2 Å². The molecule has 0 unspecified atom stereocenters. The van der Waals surface area contributed by atoms with E-state index in [0.29, 0.717) is 11.5 Å². The van der Waals surface area contributed by atoms with Crippen molar-refractivity contribution >= 4 is 61.0 Å². The number of hydrogen-bond donors (Lipinski definition) is 0. The minimum absolute atomic E-state index is 0.586. The van der Waals surface area contributed by atoms with Gasteiger partial charge in [-0.1, -0.05) is 128 Å². The highest BCUT2D eigenvalue weighted by atomic mass is 16.3. The Morgan fingerprint density at radius 1 is 0.529 bits per heavy atom. The first kappa shape index (κ1) is 30.3. The predicted octanol–water partition coefficient (Wildman–Crippen LogP) is 12.3. The second-order valence-corrected chi connectivity index (χ2v) is 12.7. The number of nitrogens with zero attached hydrogens (tertiary/aromatic N) is 3. The molecule has 0 bridgehead atoms. The Labute approximate surface area is 296 Å². The van der Waals surface area contributed by atoms with Crippen LogP contribution in [0.1, 0.15) is 23.6 Å². The summed E-state index contributed by atoms with van der Waals surface area (Å²) in [5, 5.41) is 4.43. The average Bonchev–Trinajstić information content (AvgIpc) is 3.73. The summed E-state index contributed by atoms with van der Waals surface area (Å²) in [6.45, 7) is 6.34. The molecule has 9 rings (SSSR count). The Morgan fingerprint density at radius 3 is 1.96 bits per heavy atom. The van der Waals surface area contributed by atoms with E-state index in [1.807, 2.05) is 67.6 Å². The molecule has 0 N–H and O–H groups in total. The van der Waals surface area contributed by atoms with Crippen LogP contribution in [0.2, 0.25) is 0 Å². The number of aliphatic imine (C=N–C) groups is 2. The normalized spacial score (nSPS) is 12.3. The molecule has 4 heteroatoms. The van der Waals surface area contributed by atoms with E-state index in [1.54, 1.807) is 0 Å². The maximum absolute atomic E-state index is 6.57. The fraction of sp³-hybridized carbons (Fsp3) is 0.0213. The monoisotopic (exact) mass is 655 g/mol. The van der Waals surface area contributed by atoms with Crippen LogP contribution < -0.4 is 0 Å². The summed E-state index contributed by atoms with van der Waals surface area (Å²) in [6, 6.07) is 58.7. The van der Waals surface area contributed by atoms with Crippen LogP contribution in [0.5, 0.6) is 0 Å². The number of hydrogen-bond acceptors (Lipinski definition) is 2. The summed E-state index contributed by atoms with van der Waals surface area (Å²) in [5.74, 6) is 0.586. The maximum atomic E-state index is 6.57. The third kappa shape index (κ3) is 5.44. The van der Waals surface area contributed by atoms with Crippen LogP contribution in [0.3, 0.4) is 0 Å². The second kappa shape index (κ2) is 12.6. The number of furan rings is 1. The van der Waals surface area contributed by atoms with Crippen LogP contribution in [0.15, 0.2) is 191 Å². The first-order valence-corrected chi connectivity index (χ1v) is 17.1. The third-order valence-electron chi connectivity index (χ3n) is 9.57. The third-order valence-corrected chi connectivity index (χ3v) is 9.57. The summed E-state index contributed by atoms with van der Waals surface area (Å²) >= 11 is 0. The number of para-hydroxylation sites is 2. The molecule has 51 heavy (non-hydrogen) atoms. The van der Waals surface area contributed by atoms with E-state index in [0.717, 1.165) is 61.2 Å². The first-order chi connectivity index (χ1) is 25.1. The van der Waals surface area contributed by atoms with E-state index in [4.69, 9.17) is 14.4 Å². The summed E-state index contributed by atoms with van der Waals surface area (Å²) in [5.41, 5.74) is 11.7. The summed E-state index contributed by atoms with van der Waals surface area (Å²) in [6.07, 6.45) is 0. The van der Waals surface area contributed by atoms with E-state index < -0.39 is 0 Å². The Balaban J connectivity index is 1.18. The van der Waals surface area contributed by atoms with Crippen molar-refractivity contribution in [3.8, 4) is 16.8 Å². The lowest BCUT2D eigenvalue weighted by Gasteiger charge is -2.09. The van der Waals surface area contributed by atoms with Crippen molar-refractivity contribution < 1.29 is 4.42 Å². The van der Waals surface area contributed by atoms with E-state index in [1.165, 1.54) is 21.8 Å². The lowest BCUT2D eigenvalue weighted by molar-refractivity contribution is 0.669. The van der Waals surface area contributed by atoms with Crippen LogP contribution in [0, 0.1) is 0 Å². The molecule has 0 saturated carbocycles. The molecule has 0 aliphatic rings. The highest BCUT2D eigenvalue weighted by molar-refractivity contribution is 6.22. The van der Waals surface area contributed by atoms with Crippen molar-refractivity contribution in [1.29, 1.82) is 0 Å². The van der Waals surface area contributed by atoms with Gasteiger partial charge in [-0.2, -0.15) is 0 Å². The highest BCUT2D eigenvalue weighted by Gasteiger charge is 2.18. The zero-order valence-electron chi connectivity index (χ0n) is 28.1. The highest BCUT2D eigenvalue weighted by Crippen LogP contribution is 2.38. The molecule has 2 aromatic heterocycles. The van der Waals surface area contributed by atoms with Crippen molar-refractivity contribution in [3.05, 3.63) is 193 Å². The topological polar surface area (TPSA) is 42.8 Å². The van der Waals surface area contributed by atoms with Gasteiger partial charge < -0.3 is 8.98 Å². The van der Waals surface area contributed by atoms with E-state index >= 15 is 0 Å². The molecule has 9 aromatic rings. The fourth-order valence-electron chi connectivity index (χ4n) is 7.07. The average molecular weight is 656 g/mol. The van der Waals surface area contributed by atoms with Gasteiger partial charge in [0, 0.05) is 38.5 Å². The van der Waals surface area contributed by atoms with Gasteiger partial charge in [-0.05, 0) is 77.7 Å². The molecule has 0 aliphatic heterocycles. The van der Waals surface area contributed by atoms with Crippen molar-refractivity contribution in [2.75, 3.05) is 0 Å². The van der Waals surface area contributed by atoms with Crippen molar-refractivity contribution in [2.45, 2.75) is 6.92 Å². The molecule has 0 spiro atoms. The van der Waals surface area contributed by atoms with Gasteiger partial charge in [0.05, 0.1) is 16.7 Å². The lowest BCUT2D eigenvalue weighted by atomic mass is 10.00. The molecule has 242 valence electrons. The predicted molar refractivity (Wildman–Crippen MR) is 214 cm³/mol. The number of aromatic nitrogens is 1. The number of fused-ring (bicyclic) bond motifs is 6. The van der Waals surface area contributed by atoms with Crippen molar-refractivity contribution in [2.24, 2.45) is 9.98 Å². The van der Waals surface area contributed by atoms with E-state index in [9.17, 15) is 0 Å². The van der Waals surface area contributed by atoms with Crippen molar-refractivity contribution in [3.63, 3.8) is 0 Å². The van der Waals surface area contributed by atoms with Gasteiger partial charge in [0.15, 0.2) is 5.84 Å². The second-order valence-electron chi connectivity index (χ2n) is 12.7. The molecular formula is C47H33N3O. The SMILES string of the molecule is C=C(/N=C(\N=C(/C)c1ccccc1)c1cccc2oc3cc(-c4ccc5c(c4)c4ccccc4n5-c4ccccc4)ccc3c12)c1ccccc1. The standard InChI is InChI=1S/C47H33N3O/c1-31(33-15-6-3-7-16-33)48-47(49-32(2)34-17-8-4-9-18-34)40-22-14-24-44-46(40)39-27-25-36(30-45(39)51-44)35-26-28-43-41(29-35)38-21-12-13-23-42(38)50(43)37-19-10-5-11-20-37/h3-30H,1H2,2H3/b48-47-,49-32+. The summed E-state index contributed by atoms with van der Waals surface area (Å²) in [7, 11) is 0. The molecule has 0 fully saturated rings. The molecule has 4 nitrogen and oxygen atoms in total. The Bertz CT molecular complexity index is 2800. The molecule has 0 aliphatic carbocycles. The van der Waals surface area contributed by atoms with Gasteiger partial charge in [-0.15, -0.1) is 0 Å². The quantitative estimate of drug-likeness (QED) is 0.130. The number of amidine groups is 1. The minimum Gasteiger partial charge on any atom is -0.456 e. The van der Waals surface area contributed by atoms with Crippen LogP contribution in [-0.4, -0.2) is 16.1 Å². The fourth-order valence-corrected chi connectivity index (χ4v) is 7.07. The molecule has 0 radical (unpaired) electrons. The summed E-state index contributed by atoms with van der Waals surface area (Å²) in [4.78, 5) is 10.2. The van der Waals surface area contributed by atoms with Gasteiger partial charge in [0.25, 0.3) is 0 Å². The number of benzene rings is 7. The molecule has 2 heterocycles. The smallest absolute Gasteiger partial charge is 0.160 e. The lowest BCUT2D eigenvalue weighted by Crippen LogP contribution is -2.04. The van der Waals surface area contributed by atoms with Gasteiger partial charge in [-0.25, -0.2) is 9.98 Å². The molecule has 7 aromatic carbocycles. The zero-order valence-corrected chi connectivity index (χ0v) is 28.1. The maximum Gasteiger partial charge on any atom is 0.160 e. The van der Waals surface area contributed by atoms with E-state index in [-0.39, 0.29) is 0 Å². The Kier molecular flexibility index (Phi) is 7.48. The van der Waals surface area contributed by atoms with Crippen LogP contribution in [0.4, 0.5) is 0 Å². The van der Waals surface area contributed by atoms with Gasteiger partial charge >= 0.3 is 0 Å². The molecular weight excluding hydrogens is 623 g/mol. The van der Waals surface area contributed by atoms with Gasteiger partial charge in [0.2, 0.25) is 0 Å². The molecule has 0 amide bonds. The Hall–Kier alpha value is -6.78. The summed E-state index contributed by atoms with van der Waals surface area (Å²) < 4.78 is 8.91. The largest absolute Gasteiger partial charge is 0.456 e. The molecule has 0 atom stereocenters. The van der Waals surface area contributed by atoms with Gasteiger partial charge in [-0.3, -0.25) is 0 Å². The van der Waals surface area contributed by atoms with Crippen molar-refractivity contribution in [1.82, 2.24) is 4.57 Å².